The Kier molecular flexibility index (Phi) is 5.40. The van der Waals surface area contributed by atoms with E-state index in [1.54, 1.807) is 0 Å². The second-order valence-corrected chi connectivity index (χ2v) is 14.6. The Bertz CT molecular complexity index is 819. The van der Waals surface area contributed by atoms with Crippen molar-refractivity contribution in [3.63, 3.8) is 0 Å². The molecule has 3 nitrogen and oxygen atoms in total. The lowest BCUT2D eigenvalue weighted by Crippen LogP contribution is -2.70. The normalized spacial score (nSPS) is 58.0. The molecule has 3 N–H and O–H groups in total. The molecule has 0 radical (unpaired) electrons. The van der Waals surface area contributed by atoms with Gasteiger partial charge < -0.3 is 15.3 Å². The van der Waals surface area contributed by atoms with Gasteiger partial charge in [-0.25, -0.2) is 0 Å². The summed E-state index contributed by atoms with van der Waals surface area (Å²) in [6.07, 6.45) is 8.91. The van der Waals surface area contributed by atoms with E-state index in [1.165, 1.54) is 31.3 Å². The zero-order valence-corrected chi connectivity index (χ0v) is 22.2. The Morgan fingerprint density at radius 2 is 1.55 bits per heavy atom. The van der Waals surface area contributed by atoms with Gasteiger partial charge in [0.15, 0.2) is 0 Å². The highest BCUT2D eigenvalue weighted by molar-refractivity contribution is 5.23. The molecule has 0 heterocycles. The van der Waals surface area contributed by atoms with Gasteiger partial charge >= 0.3 is 0 Å². The Morgan fingerprint density at radius 1 is 0.848 bits per heavy atom. The van der Waals surface area contributed by atoms with Gasteiger partial charge in [0.25, 0.3) is 0 Å². The fourth-order valence-corrected chi connectivity index (χ4v) is 11.5. The molecule has 11 unspecified atom stereocenters. The van der Waals surface area contributed by atoms with E-state index in [-0.39, 0.29) is 39.8 Å². The fourth-order valence-electron chi connectivity index (χ4n) is 11.5. The molecule has 5 saturated carbocycles. The first-order chi connectivity index (χ1) is 15.3. The number of rotatable bonds is 1. The van der Waals surface area contributed by atoms with Gasteiger partial charge in [-0.05, 0) is 109 Å². The van der Waals surface area contributed by atoms with Crippen LogP contribution < -0.4 is 0 Å². The first kappa shape index (κ1) is 24.3. The fraction of sp³-hybridized carbons (Fsp3) is 0.933. The van der Waals surface area contributed by atoms with E-state index < -0.39 is 6.10 Å². The van der Waals surface area contributed by atoms with Crippen molar-refractivity contribution in [1.82, 2.24) is 0 Å². The molecule has 33 heavy (non-hydrogen) atoms. The van der Waals surface area contributed by atoms with Crippen molar-refractivity contribution in [2.45, 2.75) is 112 Å². The Labute approximate surface area is 202 Å². The molecular weight excluding hydrogens is 408 g/mol. The molecule has 0 spiro atoms. The van der Waals surface area contributed by atoms with Gasteiger partial charge in [0, 0.05) is 5.41 Å². The van der Waals surface area contributed by atoms with Crippen molar-refractivity contribution in [2.24, 2.45) is 56.7 Å². The summed E-state index contributed by atoms with van der Waals surface area (Å²) in [4.78, 5) is 0. The lowest BCUT2D eigenvalue weighted by atomic mass is 9.31. The molecule has 5 rings (SSSR count). The maximum atomic E-state index is 11.8. The lowest BCUT2D eigenvalue weighted by Gasteiger charge is -2.74. The monoisotopic (exact) mass is 458 g/mol. The molecule has 11 atom stereocenters. The minimum atomic E-state index is -0.435. The highest BCUT2D eigenvalue weighted by atomic mass is 16.3. The predicted octanol–water partition coefficient (Wildman–Crippen LogP) is 5.97. The molecule has 188 valence electrons. The van der Waals surface area contributed by atoms with Crippen LogP contribution in [0.5, 0.6) is 0 Å². The third-order valence-electron chi connectivity index (χ3n) is 13.7. The Balaban J connectivity index is 1.58. The second-order valence-electron chi connectivity index (χ2n) is 14.6. The van der Waals surface area contributed by atoms with E-state index in [4.69, 9.17) is 0 Å². The third-order valence-corrected chi connectivity index (χ3v) is 13.7. The molecule has 0 aromatic heterocycles. The average Bonchev–Trinajstić information content (AvgIpc) is 2.74. The van der Waals surface area contributed by atoms with Gasteiger partial charge in [0.2, 0.25) is 0 Å². The molecule has 3 heteroatoms. The van der Waals surface area contributed by atoms with Crippen molar-refractivity contribution in [3.05, 3.63) is 12.2 Å². The van der Waals surface area contributed by atoms with Gasteiger partial charge in [-0.15, -0.1) is 0 Å². The minimum Gasteiger partial charge on any atom is -0.396 e. The first-order valence-corrected chi connectivity index (χ1v) is 13.9. The van der Waals surface area contributed by atoms with Gasteiger partial charge in [0.1, 0.15) is 0 Å². The van der Waals surface area contributed by atoms with Crippen molar-refractivity contribution in [3.8, 4) is 0 Å². The van der Waals surface area contributed by atoms with Crippen LogP contribution in [-0.2, 0) is 0 Å². The third kappa shape index (κ3) is 2.80. The van der Waals surface area contributed by atoms with Crippen molar-refractivity contribution >= 4 is 0 Å². The summed E-state index contributed by atoms with van der Waals surface area (Å²) in [5.41, 5.74) is 1.44. The van der Waals surface area contributed by atoms with E-state index in [2.05, 4.69) is 48.1 Å². The van der Waals surface area contributed by atoms with Crippen LogP contribution in [0.1, 0.15) is 99.3 Å². The molecular formula is C30H50O3. The van der Waals surface area contributed by atoms with E-state index in [9.17, 15) is 15.3 Å². The van der Waals surface area contributed by atoms with Gasteiger partial charge in [-0.2, -0.15) is 0 Å². The number of aliphatic hydroxyl groups excluding tert-OH is 3. The summed E-state index contributed by atoms with van der Waals surface area (Å²) < 4.78 is 0. The number of hydrogen-bond donors (Lipinski definition) is 3. The lowest BCUT2D eigenvalue weighted by molar-refractivity contribution is -0.276. The standard InChI is InChI=1S/C30H50O3/c1-18-10-15-30(17-31)24(33)16-29(7)20(25(30)19(18)2)8-9-22-27(5)13-12-23(32)26(3,4)21(27)11-14-28(22,29)6/h19-25,31-33H,1,8-17H2,2-7H3. The highest BCUT2D eigenvalue weighted by Crippen LogP contribution is 2.76. The van der Waals surface area contributed by atoms with Crippen molar-refractivity contribution in [1.29, 1.82) is 0 Å². The van der Waals surface area contributed by atoms with Crippen LogP contribution >= 0.6 is 0 Å². The molecule has 0 amide bonds. The number of allylic oxidation sites excluding steroid dienone is 1. The zero-order chi connectivity index (χ0) is 24.2. The van der Waals surface area contributed by atoms with E-state index in [0.29, 0.717) is 29.6 Å². The number of fused-ring (bicyclic) bond motifs is 7. The quantitative estimate of drug-likeness (QED) is 0.424. The minimum absolute atomic E-state index is 0.0279. The van der Waals surface area contributed by atoms with Gasteiger partial charge in [0.05, 0.1) is 18.8 Å². The van der Waals surface area contributed by atoms with Gasteiger partial charge in [-0.3, -0.25) is 0 Å². The largest absolute Gasteiger partial charge is 0.396 e. The van der Waals surface area contributed by atoms with Crippen LogP contribution in [0.2, 0.25) is 0 Å². The molecule has 0 aromatic carbocycles. The summed E-state index contributed by atoms with van der Waals surface area (Å²) in [5.74, 6) is 2.41. The van der Waals surface area contributed by atoms with Gasteiger partial charge in [-0.1, -0.05) is 53.7 Å². The van der Waals surface area contributed by atoms with Crippen LogP contribution in [-0.4, -0.2) is 34.1 Å². The van der Waals surface area contributed by atoms with Crippen LogP contribution in [0.3, 0.4) is 0 Å². The molecule has 0 bridgehead atoms. The summed E-state index contributed by atoms with van der Waals surface area (Å²) in [6.45, 7) is 19.1. The molecule has 0 aromatic rings. The zero-order valence-electron chi connectivity index (χ0n) is 22.2. The summed E-state index contributed by atoms with van der Waals surface area (Å²) in [5, 5.41) is 33.3. The molecule has 5 aliphatic carbocycles. The van der Waals surface area contributed by atoms with Crippen LogP contribution in [0.15, 0.2) is 12.2 Å². The summed E-state index contributed by atoms with van der Waals surface area (Å²) in [6, 6.07) is 0. The second kappa shape index (κ2) is 7.32. The summed E-state index contributed by atoms with van der Waals surface area (Å²) >= 11 is 0. The number of aliphatic hydroxyl groups is 3. The summed E-state index contributed by atoms with van der Waals surface area (Å²) in [7, 11) is 0. The molecule has 5 aliphatic rings. The number of hydrogen-bond acceptors (Lipinski definition) is 3. The van der Waals surface area contributed by atoms with E-state index in [1.807, 2.05) is 0 Å². The van der Waals surface area contributed by atoms with Crippen LogP contribution in [0.4, 0.5) is 0 Å². The van der Waals surface area contributed by atoms with E-state index >= 15 is 0 Å². The maximum Gasteiger partial charge on any atom is 0.0627 e. The Hall–Kier alpha value is -0.380. The average molecular weight is 459 g/mol. The molecule has 5 fully saturated rings. The molecule has 0 aliphatic heterocycles. The van der Waals surface area contributed by atoms with Crippen molar-refractivity contribution < 1.29 is 15.3 Å². The topological polar surface area (TPSA) is 60.7 Å². The van der Waals surface area contributed by atoms with E-state index in [0.717, 1.165) is 32.1 Å². The Morgan fingerprint density at radius 3 is 2.21 bits per heavy atom. The predicted molar refractivity (Wildman–Crippen MR) is 133 cm³/mol. The maximum absolute atomic E-state index is 11.8. The SMILES string of the molecule is C=C1CCC2(CO)C(O)CC3(C)C(CCC4C5(C)CCC(O)C(C)(C)C5CCC43C)C2C1C. The highest BCUT2D eigenvalue weighted by Gasteiger charge is 2.71. The van der Waals surface area contributed by atoms with Crippen molar-refractivity contribution in [2.75, 3.05) is 6.61 Å². The first-order valence-electron chi connectivity index (χ1n) is 13.9. The van der Waals surface area contributed by atoms with Crippen LogP contribution in [0.25, 0.3) is 0 Å². The molecule has 0 saturated heterocycles. The smallest absolute Gasteiger partial charge is 0.0627 e. The van der Waals surface area contributed by atoms with Crippen LogP contribution in [0, 0.1) is 56.7 Å².